The van der Waals surface area contributed by atoms with E-state index in [2.05, 4.69) is 5.32 Å². The molecule has 0 saturated heterocycles. The van der Waals surface area contributed by atoms with E-state index in [-0.39, 0.29) is 24.6 Å². The third kappa shape index (κ3) is 6.23. The van der Waals surface area contributed by atoms with Gasteiger partial charge in [0.1, 0.15) is 6.54 Å². The summed E-state index contributed by atoms with van der Waals surface area (Å²) in [6, 6.07) is 0.0190. The van der Waals surface area contributed by atoms with Crippen molar-refractivity contribution < 1.29 is 19.1 Å². The van der Waals surface area contributed by atoms with Gasteiger partial charge in [-0.2, -0.15) is 0 Å². The molecule has 0 aromatic carbocycles. The summed E-state index contributed by atoms with van der Waals surface area (Å²) in [4.78, 5) is 25.2. The number of nitrogens with zero attached hydrogens (tertiary/aromatic N) is 1. The van der Waals surface area contributed by atoms with E-state index in [9.17, 15) is 9.59 Å². The molecule has 1 N–H and O–H groups in total. The van der Waals surface area contributed by atoms with Crippen molar-refractivity contribution in [2.75, 3.05) is 33.4 Å². The van der Waals surface area contributed by atoms with Gasteiger partial charge >= 0.3 is 12.0 Å². The highest BCUT2D eigenvalue weighted by Gasteiger charge is 2.21. The average molecular weight is 286 g/mol. The van der Waals surface area contributed by atoms with Gasteiger partial charge in [0, 0.05) is 19.7 Å². The maximum absolute atomic E-state index is 12.2. The van der Waals surface area contributed by atoms with Crippen LogP contribution in [-0.2, 0) is 14.3 Å². The van der Waals surface area contributed by atoms with E-state index in [0.717, 1.165) is 25.7 Å². The van der Waals surface area contributed by atoms with Crippen LogP contribution in [0.1, 0.15) is 39.0 Å². The number of methoxy groups -OCH3 is 1. The van der Waals surface area contributed by atoms with E-state index >= 15 is 0 Å². The molecule has 1 aliphatic rings. The molecule has 0 spiro atoms. The molecule has 1 rings (SSSR count). The monoisotopic (exact) mass is 286 g/mol. The highest BCUT2D eigenvalue weighted by atomic mass is 16.5. The summed E-state index contributed by atoms with van der Waals surface area (Å²) < 4.78 is 9.87. The maximum Gasteiger partial charge on any atom is 0.325 e. The number of rotatable bonds is 7. The third-order valence-corrected chi connectivity index (χ3v) is 3.41. The molecule has 1 saturated carbocycles. The number of urea groups is 1. The number of ether oxygens (including phenoxy) is 2. The van der Waals surface area contributed by atoms with Gasteiger partial charge in [0.2, 0.25) is 0 Å². The van der Waals surface area contributed by atoms with Gasteiger partial charge in [-0.15, -0.1) is 0 Å². The second-order valence-corrected chi connectivity index (χ2v) is 5.00. The Balaban J connectivity index is 2.46. The number of carbonyl (C=O) groups is 2. The fourth-order valence-electron chi connectivity index (χ4n) is 2.33. The first-order chi connectivity index (χ1) is 9.67. The molecule has 0 bridgehead atoms. The molecule has 1 fully saturated rings. The SMILES string of the molecule is CCOC(=O)CN(CCOC)C(=O)NC1CCCCC1. The molecule has 116 valence electrons. The van der Waals surface area contributed by atoms with E-state index in [0.29, 0.717) is 19.8 Å². The lowest BCUT2D eigenvalue weighted by atomic mass is 9.96. The summed E-state index contributed by atoms with van der Waals surface area (Å²) in [6.07, 6.45) is 5.58. The van der Waals surface area contributed by atoms with Crippen molar-refractivity contribution in [2.45, 2.75) is 45.1 Å². The molecule has 6 nitrogen and oxygen atoms in total. The second-order valence-electron chi connectivity index (χ2n) is 5.00. The van der Waals surface area contributed by atoms with Crippen LogP contribution < -0.4 is 5.32 Å². The Morgan fingerprint density at radius 3 is 2.55 bits per heavy atom. The van der Waals surface area contributed by atoms with Crippen LogP contribution in [-0.4, -0.2) is 56.4 Å². The molecule has 0 aliphatic heterocycles. The third-order valence-electron chi connectivity index (χ3n) is 3.41. The number of nitrogens with one attached hydrogen (secondary N) is 1. The van der Waals surface area contributed by atoms with Crippen molar-refractivity contribution in [3.8, 4) is 0 Å². The zero-order valence-corrected chi connectivity index (χ0v) is 12.5. The van der Waals surface area contributed by atoms with Crippen LogP contribution >= 0.6 is 0 Å². The molecule has 1 aliphatic carbocycles. The summed E-state index contributed by atoms with van der Waals surface area (Å²) in [6.45, 7) is 2.82. The van der Waals surface area contributed by atoms with Crippen molar-refractivity contribution in [2.24, 2.45) is 0 Å². The molecule has 0 unspecified atom stereocenters. The summed E-state index contributed by atoms with van der Waals surface area (Å²) in [7, 11) is 1.57. The summed E-state index contributed by atoms with van der Waals surface area (Å²) in [5.41, 5.74) is 0. The number of amides is 2. The molecule has 20 heavy (non-hydrogen) atoms. The lowest BCUT2D eigenvalue weighted by Crippen LogP contribution is -2.48. The van der Waals surface area contributed by atoms with E-state index in [1.54, 1.807) is 14.0 Å². The second kappa shape index (κ2) is 9.58. The largest absolute Gasteiger partial charge is 0.465 e. The molecule has 0 aromatic rings. The summed E-state index contributed by atoms with van der Waals surface area (Å²) >= 11 is 0. The van der Waals surface area contributed by atoms with E-state index in [1.807, 2.05) is 0 Å². The standard InChI is InChI=1S/C14H26N2O4/c1-3-20-13(17)11-16(9-10-19-2)14(18)15-12-7-5-4-6-8-12/h12H,3-11H2,1-2H3,(H,15,18). The normalized spacial score (nSPS) is 15.7. The van der Waals surface area contributed by atoms with Gasteiger partial charge < -0.3 is 19.7 Å². The van der Waals surface area contributed by atoms with E-state index in [1.165, 1.54) is 11.3 Å². The fourth-order valence-corrected chi connectivity index (χ4v) is 2.33. The van der Waals surface area contributed by atoms with Gasteiger partial charge in [0.05, 0.1) is 13.2 Å². The molecule has 2 amide bonds. The lowest BCUT2D eigenvalue weighted by Gasteiger charge is -2.27. The number of esters is 1. The van der Waals surface area contributed by atoms with Gasteiger partial charge in [0.25, 0.3) is 0 Å². The highest BCUT2D eigenvalue weighted by molar-refractivity contribution is 5.81. The summed E-state index contributed by atoms with van der Waals surface area (Å²) in [5, 5.41) is 3.00. The van der Waals surface area contributed by atoms with Crippen molar-refractivity contribution in [3.63, 3.8) is 0 Å². The number of hydrogen-bond acceptors (Lipinski definition) is 4. The minimum absolute atomic E-state index is 0.0320. The zero-order valence-electron chi connectivity index (χ0n) is 12.5. The molecule has 0 radical (unpaired) electrons. The number of carbonyl (C=O) groups excluding carboxylic acids is 2. The van der Waals surface area contributed by atoms with Crippen molar-refractivity contribution >= 4 is 12.0 Å². The fraction of sp³-hybridized carbons (Fsp3) is 0.857. The summed E-state index contributed by atoms with van der Waals surface area (Å²) in [5.74, 6) is -0.387. The van der Waals surface area contributed by atoms with Crippen LogP contribution in [0.2, 0.25) is 0 Å². The molecular weight excluding hydrogens is 260 g/mol. The smallest absolute Gasteiger partial charge is 0.325 e. The van der Waals surface area contributed by atoms with Crippen LogP contribution in [0.4, 0.5) is 4.79 Å². The Labute approximate surface area is 120 Å². The first kappa shape index (κ1) is 16.8. The Kier molecular flexibility index (Phi) is 8.02. The first-order valence-corrected chi connectivity index (χ1v) is 7.37. The maximum atomic E-state index is 12.2. The Morgan fingerprint density at radius 2 is 1.95 bits per heavy atom. The predicted molar refractivity (Wildman–Crippen MR) is 75.5 cm³/mol. The van der Waals surface area contributed by atoms with Crippen molar-refractivity contribution in [1.82, 2.24) is 10.2 Å². The van der Waals surface area contributed by atoms with Crippen molar-refractivity contribution in [3.05, 3.63) is 0 Å². The zero-order chi connectivity index (χ0) is 14.8. The van der Waals surface area contributed by atoms with Crippen LogP contribution in [0, 0.1) is 0 Å². The van der Waals surface area contributed by atoms with Crippen LogP contribution in [0.5, 0.6) is 0 Å². The Morgan fingerprint density at radius 1 is 1.25 bits per heavy atom. The van der Waals surface area contributed by atoms with E-state index in [4.69, 9.17) is 9.47 Å². The number of hydrogen-bond donors (Lipinski definition) is 1. The highest BCUT2D eigenvalue weighted by Crippen LogP contribution is 2.17. The molecular formula is C14H26N2O4. The quantitative estimate of drug-likeness (QED) is 0.721. The van der Waals surface area contributed by atoms with Gasteiger partial charge in [-0.3, -0.25) is 4.79 Å². The molecule has 0 heterocycles. The van der Waals surface area contributed by atoms with Gasteiger partial charge in [-0.25, -0.2) is 4.79 Å². The van der Waals surface area contributed by atoms with Crippen LogP contribution in [0.25, 0.3) is 0 Å². The van der Waals surface area contributed by atoms with Crippen molar-refractivity contribution in [1.29, 1.82) is 0 Å². The van der Waals surface area contributed by atoms with Crippen LogP contribution in [0.15, 0.2) is 0 Å². The minimum atomic E-state index is -0.387. The predicted octanol–water partition coefficient (Wildman–Crippen LogP) is 1.54. The molecule has 0 aromatic heterocycles. The Bertz CT molecular complexity index is 304. The average Bonchev–Trinajstić information content (AvgIpc) is 2.44. The molecule has 6 heteroatoms. The first-order valence-electron chi connectivity index (χ1n) is 7.37. The lowest BCUT2D eigenvalue weighted by molar-refractivity contribution is -0.143. The van der Waals surface area contributed by atoms with Crippen LogP contribution in [0.3, 0.4) is 0 Å². The Hall–Kier alpha value is -1.30. The van der Waals surface area contributed by atoms with Gasteiger partial charge in [0.15, 0.2) is 0 Å². The molecule has 0 atom stereocenters. The van der Waals surface area contributed by atoms with Gasteiger partial charge in [-0.1, -0.05) is 19.3 Å². The minimum Gasteiger partial charge on any atom is -0.465 e. The van der Waals surface area contributed by atoms with Gasteiger partial charge in [-0.05, 0) is 19.8 Å². The topological polar surface area (TPSA) is 67.9 Å². The van der Waals surface area contributed by atoms with E-state index < -0.39 is 0 Å².